The Morgan fingerprint density at radius 3 is 2.09 bits per heavy atom. The maximum Gasteiger partial charge on any atom is 0.274 e. The van der Waals surface area contributed by atoms with Crippen LogP contribution in [-0.4, -0.2) is 35.0 Å². The summed E-state index contributed by atoms with van der Waals surface area (Å²) in [5.41, 5.74) is 2.61. The van der Waals surface area contributed by atoms with E-state index in [1.165, 1.54) is 12.1 Å². The number of aromatic nitrogens is 2. The van der Waals surface area contributed by atoms with Gasteiger partial charge < -0.3 is 10.6 Å². The molecule has 0 bridgehead atoms. The molecule has 1 amide bonds. The Bertz CT molecular complexity index is 1190. The summed E-state index contributed by atoms with van der Waals surface area (Å²) in [5.74, 6) is 0.220. The smallest absolute Gasteiger partial charge is 0.274 e. The first kappa shape index (κ1) is 23.1. The van der Waals surface area contributed by atoms with Crippen molar-refractivity contribution in [3.8, 4) is 0 Å². The Labute approximate surface area is 186 Å². The average molecular weight is 457 g/mol. The van der Waals surface area contributed by atoms with Crippen LogP contribution in [0.5, 0.6) is 0 Å². The first-order valence-corrected chi connectivity index (χ1v) is 11.1. The summed E-state index contributed by atoms with van der Waals surface area (Å²) in [4.78, 5) is 20.1. The molecular weight excluding hydrogens is 432 g/mol. The summed E-state index contributed by atoms with van der Waals surface area (Å²) < 4.78 is 27.4. The largest absolute Gasteiger partial charge is 0.340 e. The molecule has 0 aliphatic rings. The third kappa shape index (κ3) is 6.23. The highest BCUT2D eigenvalue weighted by Crippen LogP contribution is 2.20. The van der Waals surface area contributed by atoms with Gasteiger partial charge in [-0.1, -0.05) is 0 Å². The van der Waals surface area contributed by atoms with Crippen molar-refractivity contribution in [2.45, 2.75) is 31.2 Å². The van der Waals surface area contributed by atoms with Gasteiger partial charge in [0.05, 0.1) is 4.90 Å². The lowest BCUT2D eigenvalue weighted by Gasteiger charge is -2.20. The van der Waals surface area contributed by atoms with Crippen LogP contribution in [0.25, 0.3) is 0 Å². The molecule has 0 unspecified atom stereocenters. The molecule has 0 saturated heterocycles. The maximum atomic E-state index is 12.4. The number of hydroxylamine groups is 1. The van der Waals surface area contributed by atoms with Crippen molar-refractivity contribution in [3.63, 3.8) is 0 Å². The lowest BCUT2D eigenvalue weighted by molar-refractivity contribution is 0.0706. The first-order chi connectivity index (χ1) is 15.1. The number of carbonyl (C=O) groups is 1. The third-order valence-electron chi connectivity index (χ3n) is 4.04. The highest BCUT2D eigenvalue weighted by molar-refractivity contribution is 7.89. The van der Waals surface area contributed by atoms with Gasteiger partial charge in [0.25, 0.3) is 5.91 Å². The number of carbonyl (C=O) groups excluding carboxylic acids is 1. The van der Waals surface area contributed by atoms with Gasteiger partial charge in [-0.15, -0.1) is 0 Å². The molecule has 168 valence electrons. The molecule has 0 fully saturated rings. The molecular formula is C21H24N6O4S. The minimum atomic E-state index is -3.61. The number of hydrogen-bond acceptors (Lipinski definition) is 8. The Morgan fingerprint density at radius 2 is 1.50 bits per heavy atom. The van der Waals surface area contributed by atoms with Crippen LogP contribution in [0, 0.1) is 0 Å². The lowest BCUT2D eigenvalue weighted by atomic mass is 10.1. The number of nitrogens with zero attached hydrogens (tertiary/aromatic N) is 2. The minimum absolute atomic E-state index is 0.168. The molecule has 0 radical (unpaired) electrons. The molecule has 10 nitrogen and oxygen atoms in total. The monoisotopic (exact) mass is 456 g/mol. The number of anilines is 4. The van der Waals surface area contributed by atoms with Crippen molar-refractivity contribution >= 4 is 39.1 Å². The number of benzene rings is 2. The predicted molar refractivity (Wildman–Crippen MR) is 121 cm³/mol. The Hall–Kier alpha value is -3.54. The van der Waals surface area contributed by atoms with E-state index in [4.69, 9.17) is 5.21 Å². The fraction of sp³-hybridized carbons (Fsp3) is 0.190. The number of amides is 1. The van der Waals surface area contributed by atoms with Crippen LogP contribution in [0.4, 0.5) is 23.1 Å². The topological polar surface area (TPSA) is 145 Å². The van der Waals surface area contributed by atoms with Gasteiger partial charge in [0.1, 0.15) is 5.82 Å². The van der Waals surface area contributed by atoms with Gasteiger partial charge in [-0.25, -0.2) is 23.6 Å². The normalized spacial score (nSPS) is 11.6. The number of hydrogen-bond donors (Lipinski definition) is 5. The molecule has 32 heavy (non-hydrogen) atoms. The average Bonchev–Trinajstić information content (AvgIpc) is 2.73. The van der Waals surface area contributed by atoms with Crippen LogP contribution >= 0.6 is 0 Å². The zero-order valence-corrected chi connectivity index (χ0v) is 18.6. The summed E-state index contributed by atoms with van der Waals surface area (Å²) in [6.07, 6.45) is 1.57. The molecule has 0 saturated carbocycles. The van der Waals surface area contributed by atoms with Gasteiger partial charge in [0.2, 0.25) is 16.0 Å². The fourth-order valence-corrected chi connectivity index (χ4v) is 4.13. The zero-order valence-electron chi connectivity index (χ0n) is 17.7. The van der Waals surface area contributed by atoms with E-state index in [0.29, 0.717) is 28.7 Å². The van der Waals surface area contributed by atoms with E-state index in [0.717, 1.165) is 0 Å². The summed E-state index contributed by atoms with van der Waals surface area (Å²) in [7, 11) is -3.61. The summed E-state index contributed by atoms with van der Waals surface area (Å²) in [5, 5.41) is 14.8. The van der Waals surface area contributed by atoms with Crippen molar-refractivity contribution < 1.29 is 18.4 Å². The van der Waals surface area contributed by atoms with Crippen LogP contribution in [0.3, 0.4) is 0 Å². The molecule has 1 aromatic heterocycles. The van der Waals surface area contributed by atoms with Crippen molar-refractivity contribution in [2.24, 2.45) is 0 Å². The Kier molecular flexibility index (Phi) is 6.72. The molecule has 0 aliphatic carbocycles. The number of nitrogens with one attached hydrogen (secondary N) is 4. The molecule has 3 aromatic rings. The van der Waals surface area contributed by atoms with Crippen molar-refractivity contribution in [3.05, 3.63) is 66.4 Å². The highest BCUT2D eigenvalue weighted by atomic mass is 32.2. The van der Waals surface area contributed by atoms with Gasteiger partial charge in [0.15, 0.2) is 0 Å². The molecule has 3 rings (SSSR count). The maximum absolute atomic E-state index is 12.4. The van der Waals surface area contributed by atoms with E-state index < -0.39 is 21.5 Å². The van der Waals surface area contributed by atoms with E-state index in [9.17, 15) is 13.2 Å². The second-order valence-corrected chi connectivity index (χ2v) is 9.60. The second-order valence-electron chi connectivity index (χ2n) is 7.91. The number of sulfonamides is 1. The Morgan fingerprint density at radius 1 is 0.906 bits per heavy atom. The van der Waals surface area contributed by atoms with E-state index in [1.807, 2.05) is 0 Å². The minimum Gasteiger partial charge on any atom is -0.340 e. The van der Waals surface area contributed by atoms with Gasteiger partial charge >= 0.3 is 0 Å². The van der Waals surface area contributed by atoms with Gasteiger partial charge in [-0.05, 0) is 75.4 Å². The molecule has 11 heteroatoms. The van der Waals surface area contributed by atoms with Crippen LogP contribution in [0.15, 0.2) is 65.7 Å². The fourth-order valence-electron chi connectivity index (χ4n) is 2.71. The van der Waals surface area contributed by atoms with E-state index in [1.54, 1.807) is 74.9 Å². The van der Waals surface area contributed by atoms with Crippen molar-refractivity contribution in [2.75, 3.05) is 10.6 Å². The molecule has 1 heterocycles. The summed E-state index contributed by atoms with van der Waals surface area (Å²) in [6, 6.07) is 14.4. The molecule has 0 atom stereocenters. The quantitative estimate of drug-likeness (QED) is 0.269. The first-order valence-electron chi connectivity index (χ1n) is 9.61. The van der Waals surface area contributed by atoms with Crippen LogP contribution < -0.4 is 20.8 Å². The third-order valence-corrected chi connectivity index (χ3v) is 5.81. The van der Waals surface area contributed by atoms with Crippen molar-refractivity contribution in [1.29, 1.82) is 0 Å². The Balaban J connectivity index is 1.69. The molecule has 2 aromatic carbocycles. The number of rotatable bonds is 7. The van der Waals surface area contributed by atoms with Gasteiger partial charge in [0, 0.05) is 28.7 Å². The molecule has 5 N–H and O–H groups in total. The van der Waals surface area contributed by atoms with Crippen LogP contribution in [-0.2, 0) is 10.0 Å². The standard InChI is InChI=1S/C21H24N6O4S/c1-21(2,3)27-32(30,31)17-10-8-15(9-11-17)23-18-12-13-22-20(25-18)24-16-6-4-14(5-7-16)19(28)26-29/h4-13,27,29H,1-3H3,(H,26,28)(H2,22,23,24,25). The summed E-state index contributed by atoms with van der Waals surface area (Å²) in [6.45, 7) is 5.34. The predicted octanol–water partition coefficient (Wildman–Crippen LogP) is 3.16. The summed E-state index contributed by atoms with van der Waals surface area (Å²) >= 11 is 0. The van der Waals surface area contributed by atoms with Crippen molar-refractivity contribution in [1.82, 2.24) is 20.2 Å². The van der Waals surface area contributed by atoms with E-state index in [-0.39, 0.29) is 4.90 Å². The second kappa shape index (κ2) is 9.30. The highest BCUT2D eigenvalue weighted by Gasteiger charge is 2.21. The lowest BCUT2D eigenvalue weighted by Crippen LogP contribution is -2.40. The van der Waals surface area contributed by atoms with Crippen LogP contribution in [0.2, 0.25) is 0 Å². The van der Waals surface area contributed by atoms with Gasteiger partial charge in [-0.3, -0.25) is 10.0 Å². The van der Waals surface area contributed by atoms with Gasteiger partial charge in [-0.2, -0.15) is 4.98 Å². The SMILES string of the molecule is CC(C)(C)NS(=O)(=O)c1ccc(Nc2ccnc(Nc3ccc(C(=O)NO)cc3)n2)cc1. The van der Waals surface area contributed by atoms with E-state index in [2.05, 4.69) is 25.3 Å². The molecule has 0 spiro atoms. The van der Waals surface area contributed by atoms with Crippen LogP contribution in [0.1, 0.15) is 31.1 Å². The molecule has 0 aliphatic heterocycles. The van der Waals surface area contributed by atoms with E-state index >= 15 is 0 Å². The zero-order chi connectivity index (χ0) is 23.4.